The fourth-order valence-electron chi connectivity index (χ4n) is 1.06. The van der Waals surface area contributed by atoms with Gasteiger partial charge in [0.1, 0.15) is 5.75 Å². The van der Waals surface area contributed by atoms with Crippen molar-refractivity contribution in [3.63, 3.8) is 0 Å². The van der Waals surface area contributed by atoms with Gasteiger partial charge in [-0.2, -0.15) is 0 Å². The van der Waals surface area contributed by atoms with Gasteiger partial charge in [0.25, 0.3) is 0 Å². The first kappa shape index (κ1) is 12.6. The van der Waals surface area contributed by atoms with E-state index in [1.54, 1.807) is 13.2 Å². The van der Waals surface area contributed by atoms with Gasteiger partial charge in [-0.25, -0.2) is 0 Å². The molecular weight excluding hydrogens is 174 g/mol. The van der Waals surface area contributed by atoms with Crippen LogP contribution in [-0.2, 0) is 0 Å². The second-order valence-electron chi connectivity index (χ2n) is 2.41. The highest BCUT2D eigenvalue weighted by Crippen LogP contribution is 2.22. The van der Waals surface area contributed by atoms with E-state index < -0.39 is 0 Å². The predicted molar refractivity (Wildman–Crippen MR) is 64.0 cm³/mol. The van der Waals surface area contributed by atoms with Crippen LogP contribution in [0.4, 0.5) is 5.69 Å². The molecule has 78 valence electrons. The Labute approximate surface area is 86.6 Å². The van der Waals surface area contributed by atoms with Crippen LogP contribution in [0.3, 0.4) is 0 Å². The van der Waals surface area contributed by atoms with Crippen molar-refractivity contribution < 1.29 is 4.74 Å². The summed E-state index contributed by atoms with van der Waals surface area (Å²) in [5.74, 6) is 0.851. The van der Waals surface area contributed by atoms with E-state index in [1.807, 2.05) is 39.1 Å². The molecule has 1 aromatic carbocycles. The van der Waals surface area contributed by atoms with Gasteiger partial charge in [-0.05, 0) is 18.2 Å². The molecule has 0 fully saturated rings. The normalized spacial score (nSPS) is 8.29. The lowest BCUT2D eigenvalue weighted by atomic mass is 10.1. The average Bonchev–Trinajstić information content (AvgIpc) is 2.30. The zero-order valence-corrected chi connectivity index (χ0v) is 9.42. The van der Waals surface area contributed by atoms with E-state index in [0.29, 0.717) is 0 Å². The first-order valence-corrected chi connectivity index (χ1v) is 4.80. The number of anilines is 1. The van der Waals surface area contributed by atoms with Crippen LogP contribution in [0.15, 0.2) is 24.8 Å². The molecule has 0 heterocycles. The standard InChI is InChI=1S/C10H13NO.C2H6/c1-4-8-7-9(12-3)5-6-10(8)11-2;1-2/h4-7,11H,1H2,2-3H3;1-2H3. The molecule has 1 aromatic rings. The van der Waals surface area contributed by atoms with Crippen molar-refractivity contribution in [2.45, 2.75) is 13.8 Å². The summed E-state index contributed by atoms with van der Waals surface area (Å²) < 4.78 is 5.08. The smallest absolute Gasteiger partial charge is 0.119 e. The molecule has 0 amide bonds. The van der Waals surface area contributed by atoms with Crippen molar-refractivity contribution in [1.82, 2.24) is 0 Å². The largest absolute Gasteiger partial charge is 0.497 e. The summed E-state index contributed by atoms with van der Waals surface area (Å²) in [6, 6.07) is 5.83. The number of benzene rings is 1. The molecule has 0 bridgehead atoms. The Morgan fingerprint density at radius 2 is 2.00 bits per heavy atom. The summed E-state index contributed by atoms with van der Waals surface area (Å²) in [6.07, 6.45) is 1.80. The van der Waals surface area contributed by atoms with Gasteiger partial charge in [-0.15, -0.1) is 0 Å². The van der Waals surface area contributed by atoms with E-state index in [-0.39, 0.29) is 0 Å². The molecule has 0 atom stereocenters. The molecule has 0 spiro atoms. The molecule has 0 aromatic heterocycles. The lowest BCUT2D eigenvalue weighted by Crippen LogP contribution is -1.92. The van der Waals surface area contributed by atoms with E-state index in [9.17, 15) is 0 Å². The highest BCUT2D eigenvalue weighted by molar-refractivity contribution is 5.67. The van der Waals surface area contributed by atoms with E-state index in [4.69, 9.17) is 4.74 Å². The van der Waals surface area contributed by atoms with Crippen LogP contribution < -0.4 is 10.1 Å². The third-order valence-electron chi connectivity index (χ3n) is 1.75. The molecule has 1 N–H and O–H groups in total. The molecular formula is C12H19NO. The van der Waals surface area contributed by atoms with E-state index >= 15 is 0 Å². The average molecular weight is 193 g/mol. The Balaban J connectivity index is 0.000000791. The van der Waals surface area contributed by atoms with Gasteiger partial charge in [0.2, 0.25) is 0 Å². The van der Waals surface area contributed by atoms with Gasteiger partial charge in [0, 0.05) is 18.3 Å². The van der Waals surface area contributed by atoms with Crippen molar-refractivity contribution in [2.75, 3.05) is 19.5 Å². The molecule has 0 unspecified atom stereocenters. The first-order chi connectivity index (χ1) is 6.81. The molecule has 14 heavy (non-hydrogen) atoms. The fourth-order valence-corrected chi connectivity index (χ4v) is 1.06. The second-order valence-corrected chi connectivity index (χ2v) is 2.41. The van der Waals surface area contributed by atoms with Crippen LogP contribution in [-0.4, -0.2) is 14.2 Å². The van der Waals surface area contributed by atoms with Crippen molar-refractivity contribution in [3.8, 4) is 5.75 Å². The lowest BCUT2D eigenvalue weighted by Gasteiger charge is -2.06. The molecule has 0 aliphatic rings. The third-order valence-corrected chi connectivity index (χ3v) is 1.75. The molecule has 0 aliphatic heterocycles. The summed E-state index contributed by atoms with van der Waals surface area (Å²) in [4.78, 5) is 0. The van der Waals surface area contributed by atoms with Gasteiger partial charge < -0.3 is 10.1 Å². The van der Waals surface area contributed by atoms with Crippen molar-refractivity contribution >= 4 is 11.8 Å². The molecule has 0 saturated carbocycles. The van der Waals surface area contributed by atoms with Gasteiger partial charge in [-0.3, -0.25) is 0 Å². The summed E-state index contributed by atoms with van der Waals surface area (Å²) in [6.45, 7) is 7.72. The zero-order valence-electron chi connectivity index (χ0n) is 9.42. The van der Waals surface area contributed by atoms with Crippen molar-refractivity contribution in [1.29, 1.82) is 0 Å². The van der Waals surface area contributed by atoms with Crippen LogP contribution in [0.1, 0.15) is 19.4 Å². The summed E-state index contributed by atoms with van der Waals surface area (Å²) in [5.41, 5.74) is 2.11. The highest BCUT2D eigenvalue weighted by Gasteiger charge is 1.98. The van der Waals surface area contributed by atoms with Crippen molar-refractivity contribution in [3.05, 3.63) is 30.3 Å². The third kappa shape index (κ3) is 3.13. The Morgan fingerprint density at radius 3 is 2.43 bits per heavy atom. The number of nitrogens with one attached hydrogen (secondary N) is 1. The van der Waals surface area contributed by atoms with E-state index in [1.165, 1.54) is 0 Å². The molecule has 0 saturated heterocycles. The number of hydrogen-bond acceptors (Lipinski definition) is 2. The number of ether oxygens (including phenoxy) is 1. The number of rotatable bonds is 3. The summed E-state index contributed by atoms with van der Waals surface area (Å²) in [7, 11) is 3.54. The van der Waals surface area contributed by atoms with Crippen LogP contribution in [0.5, 0.6) is 5.75 Å². The zero-order chi connectivity index (χ0) is 11.0. The Hall–Kier alpha value is -1.44. The Kier molecular flexibility index (Phi) is 6.29. The molecule has 0 radical (unpaired) electrons. The second kappa shape index (κ2) is 7.01. The monoisotopic (exact) mass is 193 g/mol. The summed E-state index contributed by atoms with van der Waals surface area (Å²) >= 11 is 0. The fraction of sp³-hybridized carbons (Fsp3) is 0.333. The Bertz CT molecular complexity index is 282. The lowest BCUT2D eigenvalue weighted by molar-refractivity contribution is 0.415. The number of methoxy groups -OCH3 is 1. The maximum Gasteiger partial charge on any atom is 0.119 e. The minimum atomic E-state index is 0.851. The maximum absolute atomic E-state index is 5.08. The van der Waals surface area contributed by atoms with E-state index in [0.717, 1.165) is 17.0 Å². The van der Waals surface area contributed by atoms with Crippen LogP contribution >= 0.6 is 0 Å². The van der Waals surface area contributed by atoms with Crippen molar-refractivity contribution in [2.24, 2.45) is 0 Å². The summed E-state index contributed by atoms with van der Waals surface area (Å²) in [5, 5.41) is 3.07. The molecule has 2 nitrogen and oxygen atoms in total. The van der Waals surface area contributed by atoms with Crippen LogP contribution in [0, 0.1) is 0 Å². The van der Waals surface area contributed by atoms with Gasteiger partial charge in [0.05, 0.1) is 7.11 Å². The maximum atomic E-state index is 5.08. The minimum Gasteiger partial charge on any atom is -0.497 e. The quantitative estimate of drug-likeness (QED) is 0.794. The predicted octanol–water partition coefficient (Wildman–Crippen LogP) is 3.41. The topological polar surface area (TPSA) is 21.3 Å². The molecule has 1 rings (SSSR count). The highest BCUT2D eigenvalue weighted by atomic mass is 16.5. The Morgan fingerprint density at radius 1 is 1.36 bits per heavy atom. The molecule has 0 aliphatic carbocycles. The van der Waals surface area contributed by atoms with Gasteiger partial charge >= 0.3 is 0 Å². The minimum absolute atomic E-state index is 0.851. The van der Waals surface area contributed by atoms with Crippen LogP contribution in [0.2, 0.25) is 0 Å². The number of hydrogen-bond donors (Lipinski definition) is 1. The SMILES string of the molecule is C=Cc1cc(OC)ccc1NC.CC. The molecule has 2 heteroatoms. The van der Waals surface area contributed by atoms with Crippen LogP contribution in [0.25, 0.3) is 6.08 Å². The van der Waals surface area contributed by atoms with E-state index in [2.05, 4.69) is 11.9 Å². The van der Waals surface area contributed by atoms with Gasteiger partial charge in [-0.1, -0.05) is 26.5 Å². The van der Waals surface area contributed by atoms with Gasteiger partial charge in [0.15, 0.2) is 0 Å². The first-order valence-electron chi connectivity index (χ1n) is 4.80.